The molecule has 5 nitrogen and oxygen atoms in total. The lowest BCUT2D eigenvalue weighted by molar-refractivity contribution is -0.0178. The molecule has 20 heavy (non-hydrogen) atoms. The Balaban J connectivity index is 1.81. The van der Waals surface area contributed by atoms with E-state index in [0.717, 1.165) is 43.2 Å². The standard InChI is InChI=1S/C15H23N3O2/c1-11-7-17(2)3-4-18(11)8-12-5-14(16)6-13-9-19-10-20-15(12)13/h5-6,11H,3-4,7-10,16H2,1-2H3. The van der Waals surface area contributed by atoms with Crippen LogP contribution in [0.25, 0.3) is 0 Å². The maximum absolute atomic E-state index is 6.01. The molecule has 1 atom stereocenters. The molecule has 2 heterocycles. The van der Waals surface area contributed by atoms with Crippen LogP contribution in [0, 0.1) is 0 Å². The number of fused-ring (bicyclic) bond motifs is 1. The Kier molecular flexibility index (Phi) is 3.83. The van der Waals surface area contributed by atoms with Crippen LogP contribution in [-0.2, 0) is 17.9 Å². The van der Waals surface area contributed by atoms with Gasteiger partial charge in [-0.1, -0.05) is 0 Å². The zero-order chi connectivity index (χ0) is 14.1. The van der Waals surface area contributed by atoms with Crippen molar-refractivity contribution in [2.45, 2.75) is 26.1 Å². The molecule has 5 heteroatoms. The van der Waals surface area contributed by atoms with Crippen molar-refractivity contribution in [3.8, 4) is 5.75 Å². The number of hydrogen-bond donors (Lipinski definition) is 1. The molecule has 0 saturated carbocycles. The summed E-state index contributed by atoms with van der Waals surface area (Å²) in [5.74, 6) is 0.969. The SMILES string of the molecule is CC1CN(C)CCN1Cc1cc(N)cc2c1OCOC2. The molecule has 1 fully saturated rings. The van der Waals surface area contributed by atoms with Gasteiger partial charge < -0.3 is 20.1 Å². The molecule has 0 bridgehead atoms. The minimum Gasteiger partial charge on any atom is -0.467 e. The second kappa shape index (κ2) is 5.60. The van der Waals surface area contributed by atoms with Crippen LogP contribution in [0.5, 0.6) is 5.75 Å². The summed E-state index contributed by atoms with van der Waals surface area (Å²) in [7, 11) is 2.18. The van der Waals surface area contributed by atoms with Gasteiger partial charge in [0.1, 0.15) is 5.75 Å². The predicted molar refractivity (Wildman–Crippen MR) is 78.5 cm³/mol. The predicted octanol–water partition coefficient (Wildman–Crippen LogP) is 1.27. The van der Waals surface area contributed by atoms with Gasteiger partial charge in [-0.25, -0.2) is 0 Å². The second-order valence-electron chi connectivity index (χ2n) is 5.86. The molecule has 0 aromatic heterocycles. The van der Waals surface area contributed by atoms with Gasteiger partial charge in [-0.05, 0) is 26.1 Å². The summed E-state index contributed by atoms with van der Waals surface area (Å²) in [5, 5.41) is 0. The number of hydrogen-bond acceptors (Lipinski definition) is 5. The molecule has 2 N–H and O–H groups in total. The molecular weight excluding hydrogens is 254 g/mol. The third kappa shape index (κ3) is 2.75. The Hall–Kier alpha value is -1.30. The molecule has 2 aliphatic rings. The fourth-order valence-corrected chi connectivity index (χ4v) is 3.07. The highest BCUT2D eigenvalue weighted by atomic mass is 16.7. The number of anilines is 1. The zero-order valence-electron chi connectivity index (χ0n) is 12.3. The molecule has 0 radical (unpaired) electrons. The van der Waals surface area contributed by atoms with Gasteiger partial charge in [0.15, 0.2) is 6.79 Å². The second-order valence-corrected chi connectivity index (χ2v) is 5.86. The highest BCUT2D eigenvalue weighted by Crippen LogP contribution is 2.32. The van der Waals surface area contributed by atoms with E-state index in [-0.39, 0.29) is 0 Å². The molecule has 0 spiro atoms. The zero-order valence-corrected chi connectivity index (χ0v) is 12.3. The Labute approximate surface area is 120 Å². The summed E-state index contributed by atoms with van der Waals surface area (Å²) < 4.78 is 11.0. The van der Waals surface area contributed by atoms with Gasteiger partial charge in [-0.15, -0.1) is 0 Å². The van der Waals surface area contributed by atoms with E-state index < -0.39 is 0 Å². The minimum atomic E-state index is 0.336. The van der Waals surface area contributed by atoms with E-state index in [2.05, 4.69) is 23.8 Å². The lowest BCUT2D eigenvalue weighted by atomic mass is 10.0. The number of ether oxygens (including phenoxy) is 2. The average molecular weight is 277 g/mol. The summed E-state index contributed by atoms with van der Waals surface area (Å²) in [4.78, 5) is 4.87. The highest BCUT2D eigenvalue weighted by Gasteiger charge is 2.24. The Bertz CT molecular complexity index is 492. The van der Waals surface area contributed by atoms with Gasteiger partial charge in [0, 0.05) is 49.0 Å². The fourth-order valence-electron chi connectivity index (χ4n) is 3.07. The van der Waals surface area contributed by atoms with Crippen molar-refractivity contribution >= 4 is 5.69 Å². The van der Waals surface area contributed by atoms with Crippen LogP contribution in [0.15, 0.2) is 12.1 Å². The van der Waals surface area contributed by atoms with E-state index in [9.17, 15) is 0 Å². The molecule has 110 valence electrons. The summed E-state index contributed by atoms with van der Waals surface area (Å²) in [6.45, 7) is 7.39. The molecule has 0 aliphatic carbocycles. The van der Waals surface area contributed by atoms with Gasteiger partial charge >= 0.3 is 0 Å². The quantitative estimate of drug-likeness (QED) is 0.825. The van der Waals surface area contributed by atoms with Crippen LogP contribution < -0.4 is 10.5 Å². The van der Waals surface area contributed by atoms with Crippen LogP contribution in [0.1, 0.15) is 18.1 Å². The smallest absolute Gasteiger partial charge is 0.189 e. The number of likely N-dealkylation sites (N-methyl/N-ethyl adjacent to an activating group) is 1. The van der Waals surface area contributed by atoms with Crippen molar-refractivity contribution in [2.24, 2.45) is 0 Å². The van der Waals surface area contributed by atoms with Crippen LogP contribution in [0.2, 0.25) is 0 Å². The molecule has 1 unspecified atom stereocenters. The first-order valence-corrected chi connectivity index (χ1v) is 7.18. The molecular formula is C15H23N3O2. The average Bonchev–Trinajstić information content (AvgIpc) is 2.41. The molecule has 1 aromatic rings. The molecule has 3 rings (SSSR count). The van der Waals surface area contributed by atoms with E-state index in [1.807, 2.05) is 12.1 Å². The maximum atomic E-state index is 6.01. The van der Waals surface area contributed by atoms with Crippen molar-refractivity contribution in [1.82, 2.24) is 9.80 Å². The van der Waals surface area contributed by atoms with E-state index in [1.54, 1.807) is 0 Å². The Morgan fingerprint density at radius 2 is 2.20 bits per heavy atom. The third-order valence-electron chi connectivity index (χ3n) is 4.15. The lowest BCUT2D eigenvalue weighted by Gasteiger charge is -2.38. The summed E-state index contributed by atoms with van der Waals surface area (Å²) in [6, 6.07) is 4.53. The van der Waals surface area contributed by atoms with Crippen LogP contribution in [0.3, 0.4) is 0 Å². The number of nitrogen functional groups attached to an aromatic ring is 1. The minimum absolute atomic E-state index is 0.336. The number of piperazine rings is 1. The van der Waals surface area contributed by atoms with E-state index >= 15 is 0 Å². The van der Waals surface area contributed by atoms with Crippen molar-refractivity contribution < 1.29 is 9.47 Å². The molecule has 0 amide bonds. The van der Waals surface area contributed by atoms with Crippen molar-refractivity contribution in [1.29, 1.82) is 0 Å². The van der Waals surface area contributed by atoms with E-state index in [0.29, 0.717) is 19.4 Å². The van der Waals surface area contributed by atoms with Crippen molar-refractivity contribution in [3.63, 3.8) is 0 Å². The monoisotopic (exact) mass is 277 g/mol. The third-order valence-corrected chi connectivity index (χ3v) is 4.15. The Morgan fingerprint density at radius 3 is 3.00 bits per heavy atom. The lowest BCUT2D eigenvalue weighted by Crippen LogP contribution is -2.49. The fraction of sp³-hybridized carbons (Fsp3) is 0.600. The molecule has 2 aliphatic heterocycles. The van der Waals surface area contributed by atoms with Crippen molar-refractivity contribution in [3.05, 3.63) is 23.3 Å². The Morgan fingerprint density at radius 1 is 1.35 bits per heavy atom. The van der Waals surface area contributed by atoms with Crippen LogP contribution in [-0.4, -0.2) is 49.3 Å². The topological polar surface area (TPSA) is 51.0 Å². The summed E-state index contributed by atoms with van der Waals surface area (Å²) >= 11 is 0. The van der Waals surface area contributed by atoms with Crippen molar-refractivity contribution in [2.75, 3.05) is 39.2 Å². The van der Waals surface area contributed by atoms with Gasteiger partial charge in [0.25, 0.3) is 0 Å². The van der Waals surface area contributed by atoms with Gasteiger partial charge in [-0.2, -0.15) is 0 Å². The molecule has 1 saturated heterocycles. The van der Waals surface area contributed by atoms with Gasteiger partial charge in [0.2, 0.25) is 0 Å². The van der Waals surface area contributed by atoms with E-state index in [1.165, 1.54) is 5.56 Å². The first-order chi connectivity index (χ1) is 9.63. The number of rotatable bonds is 2. The summed E-state index contributed by atoms with van der Waals surface area (Å²) in [5.41, 5.74) is 9.04. The number of benzene rings is 1. The largest absolute Gasteiger partial charge is 0.467 e. The molecule has 1 aromatic carbocycles. The number of nitrogens with zero attached hydrogens (tertiary/aromatic N) is 2. The number of nitrogens with two attached hydrogens (primary N) is 1. The first kappa shape index (κ1) is 13.7. The normalized spacial score (nSPS) is 24.2. The van der Waals surface area contributed by atoms with Crippen LogP contribution >= 0.6 is 0 Å². The first-order valence-electron chi connectivity index (χ1n) is 7.18. The summed E-state index contributed by atoms with van der Waals surface area (Å²) in [6.07, 6.45) is 0. The van der Waals surface area contributed by atoms with E-state index in [4.69, 9.17) is 15.2 Å². The highest BCUT2D eigenvalue weighted by molar-refractivity contribution is 5.53. The van der Waals surface area contributed by atoms with Gasteiger partial charge in [-0.3, -0.25) is 4.90 Å². The van der Waals surface area contributed by atoms with Crippen LogP contribution in [0.4, 0.5) is 5.69 Å². The maximum Gasteiger partial charge on any atom is 0.189 e. The van der Waals surface area contributed by atoms with Gasteiger partial charge in [0.05, 0.1) is 6.61 Å².